The van der Waals surface area contributed by atoms with Crippen molar-refractivity contribution in [3.63, 3.8) is 0 Å². The minimum absolute atomic E-state index is 0.0501. The molecule has 1 aromatic carbocycles. The molecule has 0 spiro atoms. The van der Waals surface area contributed by atoms with Crippen LogP contribution in [0.3, 0.4) is 0 Å². The fourth-order valence-electron chi connectivity index (χ4n) is 3.32. The van der Waals surface area contributed by atoms with Crippen LogP contribution in [-0.4, -0.2) is 59.7 Å². The van der Waals surface area contributed by atoms with Crippen LogP contribution < -0.4 is 5.32 Å². The van der Waals surface area contributed by atoms with Crippen molar-refractivity contribution in [3.8, 4) is 10.6 Å². The summed E-state index contributed by atoms with van der Waals surface area (Å²) < 4.78 is 5.39. The number of morpholine rings is 1. The van der Waals surface area contributed by atoms with Crippen LogP contribution in [0.4, 0.5) is 0 Å². The van der Waals surface area contributed by atoms with E-state index in [4.69, 9.17) is 9.84 Å². The average molecular weight is 432 g/mol. The highest BCUT2D eigenvalue weighted by Gasteiger charge is 2.12. The predicted octanol–water partition coefficient (Wildman–Crippen LogP) is 2.95. The first-order valence-electron chi connectivity index (χ1n) is 10.4. The van der Waals surface area contributed by atoms with Crippen LogP contribution in [-0.2, 0) is 27.3 Å². The van der Waals surface area contributed by atoms with Crippen molar-refractivity contribution in [1.29, 1.82) is 0 Å². The highest BCUT2D eigenvalue weighted by atomic mass is 32.1. The Labute approximate surface area is 181 Å². The second-order valence-corrected chi connectivity index (χ2v) is 8.32. The number of carbonyl (C=O) groups is 2. The highest BCUT2D eigenvalue weighted by molar-refractivity contribution is 7.13. The number of hydrogen-bond acceptors (Lipinski definition) is 6. The average Bonchev–Trinajstić information content (AvgIpc) is 3.20. The van der Waals surface area contributed by atoms with Crippen LogP contribution >= 0.6 is 11.3 Å². The first kappa shape index (κ1) is 22.4. The minimum atomic E-state index is -0.773. The molecule has 162 valence electrons. The Hall–Kier alpha value is -2.29. The first-order chi connectivity index (χ1) is 14.6. The number of rotatable bonds is 11. The van der Waals surface area contributed by atoms with Gasteiger partial charge in [0.2, 0.25) is 5.91 Å². The Kier molecular flexibility index (Phi) is 8.80. The fourth-order valence-corrected chi connectivity index (χ4v) is 4.15. The number of hydrogen-bond donors (Lipinski definition) is 2. The second-order valence-electron chi connectivity index (χ2n) is 7.46. The van der Waals surface area contributed by atoms with Crippen LogP contribution in [0.1, 0.15) is 36.9 Å². The number of benzene rings is 1. The summed E-state index contributed by atoms with van der Waals surface area (Å²) >= 11 is 1.55. The molecule has 1 amide bonds. The zero-order chi connectivity index (χ0) is 21.2. The standard InChI is InChI=1S/C22H29N3O4S/c26-20(23-9-3-1-2-4-21(27)28)14-19-16-30-22(24-19)18-7-5-17(6-8-18)15-25-10-12-29-13-11-25/h5-8,16H,1-4,9-15H2,(H,23,26)(H,27,28). The number of carboxylic acid groups (broad SMARTS) is 1. The van der Waals surface area contributed by atoms with Crippen molar-refractivity contribution >= 4 is 23.2 Å². The van der Waals surface area contributed by atoms with E-state index < -0.39 is 5.97 Å². The zero-order valence-electron chi connectivity index (χ0n) is 17.1. The van der Waals surface area contributed by atoms with Crippen LogP contribution in [0.25, 0.3) is 10.6 Å². The molecule has 1 saturated heterocycles. The molecule has 30 heavy (non-hydrogen) atoms. The number of thiazole rings is 1. The Balaban J connectivity index is 1.41. The summed E-state index contributed by atoms with van der Waals surface area (Å²) in [5.74, 6) is -0.823. The lowest BCUT2D eigenvalue weighted by Crippen LogP contribution is -2.35. The van der Waals surface area contributed by atoms with E-state index in [1.165, 1.54) is 5.56 Å². The maximum atomic E-state index is 12.1. The normalized spacial score (nSPS) is 14.5. The molecule has 7 nitrogen and oxygen atoms in total. The number of nitrogens with one attached hydrogen (secondary N) is 1. The lowest BCUT2D eigenvalue weighted by atomic mass is 10.1. The smallest absolute Gasteiger partial charge is 0.303 e. The van der Waals surface area contributed by atoms with Crippen molar-refractivity contribution in [1.82, 2.24) is 15.2 Å². The summed E-state index contributed by atoms with van der Waals surface area (Å²) in [6, 6.07) is 8.47. The lowest BCUT2D eigenvalue weighted by molar-refractivity contribution is -0.137. The van der Waals surface area contributed by atoms with Gasteiger partial charge in [-0.3, -0.25) is 14.5 Å². The first-order valence-corrected chi connectivity index (χ1v) is 11.3. The Morgan fingerprint density at radius 3 is 2.63 bits per heavy atom. The number of amides is 1. The number of carbonyl (C=O) groups excluding carboxylic acids is 1. The van der Waals surface area contributed by atoms with Gasteiger partial charge in [0.15, 0.2) is 0 Å². The number of carboxylic acids is 1. The summed E-state index contributed by atoms with van der Waals surface area (Å²) in [4.78, 5) is 29.5. The molecule has 0 aliphatic carbocycles. The Bertz CT molecular complexity index is 816. The number of unbranched alkanes of at least 4 members (excludes halogenated alkanes) is 2. The molecule has 8 heteroatoms. The molecule has 0 saturated carbocycles. The summed E-state index contributed by atoms with van der Waals surface area (Å²) in [7, 11) is 0. The minimum Gasteiger partial charge on any atom is -0.481 e. The zero-order valence-corrected chi connectivity index (χ0v) is 18.0. The van der Waals surface area contributed by atoms with Crippen LogP contribution in [0, 0.1) is 0 Å². The van der Waals surface area contributed by atoms with Gasteiger partial charge >= 0.3 is 5.97 Å². The molecule has 0 atom stereocenters. The summed E-state index contributed by atoms with van der Waals surface area (Å²) in [5.41, 5.74) is 3.12. The van der Waals surface area contributed by atoms with E-state index in [9.17, 15) is 9.59 Å². The fraction of sp³-hybridized carbons (Fsp3) is 0.500. The van der Waals surface area contributed by atoms with Gasteiger partial charge in [-0.05, 0) is 18.4 Å². The number of aromatic nitrogens is 1. The molecule has 2 aromatic rings. The Morgan fingerprint density at radius 1 is 1.13 bits per heavy atom. The molecule has 0 radical (unpaired) electrons. The molecule has 2 heterocycles. The van der Waals surface area contributed by atoms with E-state index in [-0.39, 0.29) is 18.7 Å². The largest absolute Gasteiger partial charge is 0.481 e. The van der Waals surface area contributed by atoms with E-state index in [1.807, 2.05) is 5.38 Å². The molecular formula is C22H29N3O4S. The van der Waals surface area contributed by atoms with Crippen molar-refractivity contribution in [3.05, 3.63) is 40.9 Å². The lowest BCUT2D eigenvalue weighted by Gasteiger charge is -2.26. The maximum Gasteiger partial charge on any atom is 0.303 e. The topological polar surface area (TPSA) is 91.8 Å². The van der Waals surface area contributed by atoms with Gasteiger partial charge in [-0.1, -0.05) is 30.7 Å². The summed E-state index contributed by atoms with van der Waals surface area (Å²) in [6.45, 7) is 5.06. The van der Waals surface area contributed by atoms with E-state index in [0.717, 1.165) is 62.0 Å². The Morgan fingerprint density at radius 2 is 1.90 bits per heavy atom. The highest BCUT2D eigenvalue weighted by Crippen LogP contribution is 2.24. The molecule has 1 aliphatic heterocycles. The molecule has 2 N–H and O–H groups in total. The molecular weight excluding hydrogens is 402 g/mol. The van der Waals surface area contributed by atoms with Crippen molar-refractivity contribution in [2.24, 2.45) is 0 Å². The molecule has 1 aliphatic rings. The van der Waals surface area contributed by atoms with Gasteiger partial charge in [-0.15, -0.1) is 11.3 Å². The second kappa shape index (κ2) is 11.8. The predicted molar refractivity (Wildman–Crippen MR) is 116 cm³/mol. The SMILES string of the molecule is O=C(O)CCCCCNC(=O)Cc1csc(-c2ccc(CN3CCOCC3)cc2)n1. The van der Waals surface area contributed by atoms with E-state index in [1.54, 1.807) is 11.3 Å². The van der Waals surface area contributed by atoms with E-state index >= 15 is 0 Å². The molecule has 3 rings (SSSR count). The quantitative estimate of drug-likeness (QED) is 0.532. The van der Waals surface area contributed by atoms with Gasteiger partial charge < -0.3 is 15.2 Å². The van der Waals surface area contributed by atoms with E-state index in [0.29, 0.717) is 13.0 Å². The van der Waals surface area contributed by atoms with Gasteiger partial charge in [0.25, 0.3) is 0 Å². The van der Waals surface area contributed by atoms with Gasteiger partial charge in [-0.2, -0.15) is 0 Å². The van der Waals surface area contributed by atoms with Gasteiger partial charge in [0.05, 0.1) is 25.3 Å². The van der Waals surface area contributed by atoms with Crippen LogP contribution in [0.2, 0.25) is 0 Å². The summed E-state index contributed by atoms with van der Waals surface area (Å²) in [6.07, 6.45) is 2.68. The number of ether oxygens (including phenoxy) is 1. The maximum absolute atomic E-state index is 12.1. The summed E-state index contributed by atoms with van der Waals surface area (Å²) in [5, 5.41) is 14.3. The van der Waals surface area contributed by atoms with Crippen molar-refractivity contribution in [2.45, 2.75) is 38.6 Å². The molecule has 1 aromatic heterocycles. The van der Waals surface area contributed by atoms with Gasteiger partial charge in [0.1, 0.15) is 5.01 Å². The molecule has 1 fully saturated rings. The van der Waals surface area contributed by atoms with Gasteiger partial charge in [0, 0.05) is 43.5 Å². The molecule has 0 unspecified atom stereocenters. The third kappa shape index (κ3) is 7.51. The number of aliphatic carboxylic acids is 1. The van der Waals surface area contributed by atoms with Crippen LogP contribution in [0.5, 0.6) is 0 Å². The third-order valence-corrected chi connectivity index (χ3v) is 5.93. The van der Waals surface area contributed by atoms with Crippen LogP contribution in [0.15, 0.2) is 29.6 Å². The third-order valence-electron chi connectivity index (χ3n) is 4.99. The molecule has 0 bridgehead atoms. The van der Waals surface area contributed by atoms with Gasteiger partial charge in [-0.25, -0.2) is 4.98 Å². The van der Waals surface area contributed by atoms with Crippen molar-refractivity contribution < 1.29 is 19.4 Å². The van der Waals surface area contributed by atoms with Crippen molar-refractivity contribution in [2.75, 3.05) is 32.8 Å². The van der Waals surface area contributed by atoms with E-state index in [2.05, 4.69) is 39.5 Å². The number of nitrogens with zero attached hydrogens (tertiary/aromatic N) is 2. The monoisotopic (exact) mass is 431 g/mol.